The molecule has 0 bridgehead atoms. The van der Waals surface area contributed by atoms with E-state index in [0.717, 1.165) is 17.7 Å². The van der Waals surface area contributed by atoms with Crippen molar-refractivity contribution in [3.63, 3.8) is 0 Å². The van der Waals surface area contributed by atoms with Crippen molar-refractivity contribution in [1.82, 2.24) is 19.7 Å². The molecule has 3 atom stereocenters. The summed E-state index contributed by atoms with van der Waals surface area (Å²) in [6, 6.07) is 9.48. The summed E-state index contributed by atoms with van der Waals surface area (Å²) in [5.41, 5.74) is 11.3. The van der Waals surface area contributed by atoms with Crippen LogP contribution in [0.3, 0.4) is 0 Å². The number of benzene rings is 1. The van der Waals surface area contributed by atoms with Crippen molar-refractivity contribution < 1.29 is 19.8 Å². The van der Waals surface area contributed by atoms with Gasteiger partial charge in [0.2, 0.25) is 5.91 Å². The van der Waals surface area contributed by atoms with Gasteiger partial charge in [-0.1, -0.05) is 24.3 Å². The van der Waals surface area contributed by atoms with E-state index < -0.39 is 18.0 Å². The molecule has 30 heavy (non-hydrogen) atoms. The van der Waals surface area contributed by atoms with Gasteiger partial charge in [0.25, 0.3) is 5.97 Å². The molecule has 3 aromatic rings. The third-order valence-corrected chi connectivity index (χ3v) is 4.80. The van der Waals surface area contributed by atoms with Gasteiger partial charge in [0, 0.05) is 30.5 Å². The van der Waals surface area contributed by atoms with E-state index >= 15 is 0 Å². The van der Waals surface area contributed by atoms with E-state index in [1.807, 2.05) is 30.3 Å². The summed E-state index contributed by atoms with van der Waals surface area (Å²) in [5, 5.41) is 23.9. The highest BCUT2D eigenvalue weighted by atomic mass is 16.4. The van der Waals surface area contributed by atoms with Crippen molar-refractivity contribution in [1.29, 1.82) is 0 Å². The number of nitrogens with two attached hydrogens (primary N) is 2. The van der Waals surface area contributed by atoms with E-state index in [4.69, 9.17) is 21.4 Å². The van der Waals surface area contributed by atoms with Gasteiger partial charge in [-0.15, -0.1) is 5.10 Å². The number of aliphatic hydroxyl groups is 1. The summed E-state index contributed by atoms with van der Waals surface area (Å²) in [5.74, 6) is 0.239. The van der Waals surface area contributed by atoms with Crippen LogP contribution in [0, 0.1) is 0 Å². The van der Waals surface area contributed by atoms with Gasteiger partial charge in [0.05, 0.1) is 12.5 Å². The molecule has 1 aliphatic rings. The number of hydrogen-bond donors (Lipinski definition) is 4. The van der Waals surface area contributed by atoms with Gasteiger partial charge in [-0.3, -0.25) is 9.59 Å². The molecule has 0 aliphatic heterocycles. The van der Waals surface area contributed by atoms with Gasteiger partial charge in [-0.2, -0.15) is 4.68 Å². The second-order valence-electron chi connectivity index (χ2n) is 7.22. The number of primary amides is 1. The fourth-order valence-electron chi connectivity index (χ4n) is 3.55. The second kappa shape index (κ2) is 8.97. The molecule has 1 aromatic carbocycles. The van der Waals surface area contributed by atoms with E-state index in [2.05, 4.69) is 15.1 Å². The van der Waals surface area contributed by atoms with Crippen LogP contribution in [0.5, 0.6) is 0 Å². The van der Waals surface area contributed by atoms with Crippen LogP contribution in [0.1, 0.15) is 37.3 Å². The molecule has 0 unspecified atom stereocenters. The maximum absolute atomic E-state index is 11.3. The van der Waals surface area contributed by atoms with E-state index in [0.29, 0.717) is 30.3 Å². The van der Waals surface area contributed by atoms with Gasteiger partial charge in [-0.25, -0.2) is 9.97 Å². The molecule has 0 radical (unpaired) electrons. The Morgan fingerprint density at radius 1 is 1.23 bits per heavy atom. The largest absolute Gasteiger partial charge is 0.481 e. The highest BCUT2D eigenvalue weighted by Crippen LogP contribution is 2.34. The standard InChI is InChI=1S/C18H20N6O2.C2H4O2/c19-13-7-11(8-14(13)25)17-22-16(9-15(20)26)23-24(17)18-12-4-2-1-3-10(12)5-6-21-18;1-2(3)4/h1-6,11,13-14,25H,7-9,19H2,(H2,20,26);1H3,(H,3,4)/t11-,13+,14+;/m0./s1. The minimum atomic E-state index is -0.833. The number of hydrogen-bond acceptors (Lipinski definition) is 7. The number of carboxylic acid groups (broad SMARTS) is 1. The van der Waals surface area contributed by atoms with Crippen LogP contribution in [0.25, 0.3) is 16.6 Å². The molecule has 1 saturated carbocycles. The van der Waals surface area contributed by atoms with Gasteiger partial charge >= 0.3 is 0 Å². The minimum absolute atomic E-state index is 0.0495. The van der Waals surface area contributed by atoms with E-state index in [9.17, 15) is 9.90 Å². The second-order valence-corrected chi connectivity index (χ2v) is 7.22. The number of nitrogens with zero attached hydrogens (tertiary/aromatic N) is 4. The maximum atomic E-state index is 11.3. The molecule has 10 nitrogen and oxygen atoms in total. The van der Waals surface area contributed by atoms with Crippen molar-refractivity contribution in [3.05, 3.63) is 48.2 Å². The number of carbonyl (C=O) groups excluding carboxylic acids is 1. The first-order valence-corrected chi connectivity index (χ1v) is 9.47. The van der Waals surface area contributed by atoms with Crippen molar-refractivity contribution >= 4 is 22.6 Å². The Morgan fingerprint density at radius 3 is 2.57 bits per heavy atom. The fraction of sp³-hybridized carbons (Fsp3) is 0.350. The van der Waals surface area contributed by atoms with Crippen LogP contribution < -0.4 is 11.5 Å². The maximum Gasteiger partial charge on any atom is 0.300 e. The monoisotopic (exact) mass is 412 g/mol. The topological polar surface area (TPSA) is 170 Å². The summed E-state index contributed by atoms with van der Waals surface area (Å²) in [4.78, 5) is 29.3. The van der Waals surface area contributed by atoms with Crippen LogP contribution in [-0.4, -0.2) is 54.0 Å². The molecule has 1 amide bonds. The van der Waals surface area contributed by atoms with Crippen LogP contribution in [-0.2, 0) is 16.0 Å². The van der Waals surface area contributed by atoms with Gasteiger partial charge in [-0.05, 0) is 24.3 Å². The van der Waals surface area contributed by atoms with Crippen molar-refractivity contribution in [2.24, 2.45) is 11.5 Å². The van der Waals surface area contributed by atoms with Gasteiger partial charge < -0.3 is 21.7 Å². The predicted octanol–water partition coefficient (Wildman–Crippen LogP) is 0.500. The van der Waals surface area contributed by atoms with Crippen molar-refractivity contribution in [2.45, 2.75) is 44.2 Å². The number of fused-ring (bicyclic) bond motifs is 1. The molecule has 0 spiro atoms. The molecule has 1 aliphatic carbocycles. The molecular formula is C20H24N6O4. The molecule has 1 fully saturated rings. The number of pyridine rings is 1. The lowest BCUT2D eigenvalue weighted by molar-refractivity contribution is -0.134. The first-order chi connectivity index (χ1) is 14.3. The normalized spacial score (nSPS) is 20.6. The fourth-order valence-corrected chi connectivity index (χ4v) is 3.55. The Labute approximate surface area is 172 Å². The number of carbonyl (C=O) groups is 2. The number of aliphatic carboxylic acids is 1. The molecule has 10 heteroatoms. The highest BCUT2D eigenvalue weighted by Gasteiger charge is 2.35. The summed E-state index contributed by atoms with van der Waals surface area (Å²) in [7, 11) is 0. The molecule has 4 rings (SSSR count). The van der Waals surface area contributed by atoms with Crippen LogP contribution in [0.2, 0.25) is 0 Å². The van der Waals surface area contributed by atoms with Gasteiger partial charge in [0.1, 0.15) is 5.82 Å². The number of aliphatic hydroxyl groups excluding tert-OH is 1. The lowest BCUT2D eigenvalue weighted by atomic mass is 10.1. The molecule has 158 valence electrons. The predicted molar refractivity (Wildman–Crippen MR) is 109 cm³/mol. The van der Waals surface area contributed by atoms with Crippen LogP contribution in [0.4, 0.5) is 0 Å². The molecule has 0 saturated heterocycles. The first-order valence-electron chi connectivity index (χ1n) is 9.47. The lowest BCUT2D eigenvalue weighted by Gasteiger charge is -2.12. The minimum Gasteiger partial charge on any atom is -0.481 e. The highest BCUT2D eigenvalue weighted by molar-refractivity contribution is 5.88. The Hall–Kier alpha value is -3.37. The third-order valence-electron chi connectivity index (χ3n) is 4.80. The molecule has 2 heterocycles. The number of rotatable bonds is 4. The Kier molecular flexibility index (Phi) is 6.38. The van der Waals surface area contributed by atoms with Crippen LogP contribution in [0.15, 0.2) is 36.5 Å². The zero-order valence-corrected chi connectivity index (χ0v) is 16.5. The average Bonchev–Trinajstić information content (AvgIpc) is 3.23. The molecular weight excluding hydrogens is 388 g/mol. The van der Waals surface area contributed by atoms with Gasteiger partial charge in [0.15, 0.2) is 11.6 Å². The number of carboxylic acids is 1. The molecule has 2 aromatic heterocycles. The summed E-state index contributed by atoms with van der Waals surface area (Å²) in [6.45, 7) is 1.08. The van der Waals surface area contributed by atoms with E-state index in [1.54, 1.807) is 10.9 Å². The Morgan fingerprint density at radius 2 is 1.93 bits per heavy atom. The number of amides is 1. The SMILES string of the molecule is CC(=O)O.NC(=O)Cc1nc([C@H]2C[C@@H](N)[C@H](O)C2)n(-c2nccc3ccccc23)n1. The third kappa shape index (κ3) is 4.78. The quantitative estimate of drug-likeness (QED) is 0.480. The Balaban J connectivity index is 0.000000589. The van der Waals surface area contributed by atoms with Crippen LogP contribution >= 0.6 is 0 Å². The average molecular weight is 412 g/mol. The first kappa shape index (κ1) is 21.3. The summed E-state index contributed by atoms with van der Waals surface area (Å²) >= 11 is 0. The molecule has 6 N–H and O–H groups in total. The number of aromatic nitrogens is 4. The van der Waals surface area contributed by atoms with E-state index in [-0.39, 0.29) is 18.4 Å². The smallest absolute Gasteiger partial charge is 0.300 e. The summed E-state index contributed by atoms with van der Waals surface area (Å²) < 4.78 is 1.66. The zero-order chi connectivity index (χ0) is 21.8. The van der Waals surface area contributed by atoms with Crippen molar-refractivity contribution in [2.75, 3.05) is 0 Å². The Bertz CT molecular complexity index is 1050. The lowest BCUT2D eigenvalue weighted by Crippen LogP contribution is -2.28. The van der Waals surface area contributed by atoms with Crippen molar-refractivity contribution in [3.8, 4) is 5.82 Å². The zero-order valence-electron chi connectivity index (χ0n) is 16.5. The summed E-state index contributed by atoms with van der Waals surface area (Å²) in [6.07, 6.45) is 2.18. The van der Waals surface area contributed by atoms with E-state index in [1.165, 1.54) is 0 Å².